The largest absolute Gasteiger partial charge is 0.351 e. The number of nitrogens with one attached hydrogen (secondary N) is 2. The third-order valence-electron chi connectivity index (χ3n) is 2.37. The fourth-order valence-electron chi connectivity index (χ4n) is 1.54. The molecule has 0 saturated heterocycles. The van der Waals surface area contributed by atoms with E-state index in [1.54, 1.807) is 18.5 Å². The molecule has 2 aromatic carbocycles. The second kappa shape index (κ2) is 6.20. The van der Waals surface area contributed by atoms with Gasteiger partial charge >= 0.3 is 6.03 Å². The second-order valence-corrected chi connectivity index (χ2v) is 3.77. The standard InChI is InChI=1S/C7H8N2O.C7H6N2/c8-7(10)9-6-4-2-1-3-5-6;1-2-4-7-6(3-1)8-5-9-7/h1-5H,(H3,8,9,10);1-5H,(H,8,9). The number of para-hydroxylation sites is 3. The van der Waals surface area contributed by atoms with Crippen molar-refractivity contribution >= 4 is 22.8 Å². The number of urea groups is 1. The normalized spacial score (nSPS) is 9.47. The highest BCUT2D eigenvalue weighted by Crippen LogP contribution is 2.05. The summed E-state index contributed by atoms with van der Waals surface area (Å²) in [7, 11) is 0. The Labute approximate surface area is 110 Å². The molecule has 0 unspecified atom stereocenters. The third-order valence-corrected chi connectivity index (χ3v) is 2.37. The Morgan fingerprint density at radius 2 is 1.74 bits per heavy atom. The van der Waals surface area contributed by atoms with Crippen molar-refractivity contribution in [1.29, 1.82) is 0 Å². The Balaban J connectivity index is 0.000000141. The summed E-state index contributed by atoms with van der Waals surface area (Å²) in [6.07, 6.45) is 1.70. The molecule has 0 aliphatic carbocycles. The van der Waals surface area contributed by atoms with Crippen molar-refractivity contribution in [2.45, 2.75) is 0 Å². The topological polar surface area (TPSA) is 83.8 Å². The third kappa shape index (κ3) is 3.85. The number of carbonyl (C=O) groups is 1. The maximum atomic E-state index is 10.3. The highest BCUT2D eigenvalue weighted by atomic mass is 16.2. The van der Waals surface area contributed by atoms with Crippen molar-refractivity contribution in [1.82, 2.24) is 9.97 Å². The highest BCUT2D eigenvalue weighted by Gasteiger charge is 1.90. The van der Waals surface area contributed by atoms with Crippen molar-refractivity contribution in [2.75, 3.05) is 5.32 Å². The average molecular weight is 254 g/mol. The van der Waals surface area contributed by atoms with Crippen LogP contribution in [0, 0.1) is 0 Å². The van der Waals surface area contributed by atoms with Gasteiger partial charge in [-0.2, -0.15) is 0 Å². The molecule has 5 nitrogen and oxygen atoms in total. The number of amides is 2. The Morgan fingerprint density at radius 1 is 1.05 bits per heavy atom. The lowest BCUT2D eigenvalue weighted by Gasteiger charge is -1.97. The van der Waals surface area contributed by atoms with Crippen LogP contribution in [0.25, 0.3) is 11.0 Å². The molecule has 96 valence electrons. The van der Waals surface area contributed by atoms with Crippen LogP contribution in [-0.4, -0.2) is 16.0 Å². The zero-order valence-corrected chi connectivity index (χ0v) is 10.2. The molecule has 0 radical (unpaired) electrons. The molecule has 0 bridgehead atoms. The minimum Gasteiger partial charge on any atom is -0.351 e. The van der Waals surface area contributed by atoms with E-state index in [0.29, 0.717) is 0 Å². The lowest BCUT2D eigenvalue weighted by atomic mass is 10.3. The number of fused-ring (bicyclic) bond motifs is 1. The van der Waals surface area contributed by atoms with Crippen LogP contribution in [0.1, 0.15) is 0 Å². The summed E-state index contributed by atoms with van der Waals surface area (Å²) in [6.45, 7) is 0. The van der Waals surface area contributed by atoms with Gasteiger partial charge in [0.15, 0.2) is 0 Å². The first-order valence-electron chi connectivity index (χ1n) is 5.75. The molecule has 1 heterocycles. The Kier molecular flexibility index (Phi) is 4.12. The molecule has 3 rings (SSSR count). The SMILES string of the molecule is NC(=O)Nc1ccccc1.c1ccc2[nH]cnc2c1. The second-order valence-electron chi connectivity index (χ2n) is 3.77. The number of benzene rings is 2. The molecular formula is C14H14N4O. The van der Waals surface area contributed by atoms with Gasteiger partial charge in [0.05, 0.1) is 17.4 Å². The predicted octanol–water partition coefficient (Wildman–Crippen LogP) is 2.74. The van der Waals surface area contributed by atoms with E-state index in [4.69, 9.17) is 5.73 Å². The molecule has 3 aromatic rings. The number of hydrogen-bond donors (Lipinski definition) is 3. The fraction of sp³-hybridized carbons (Fsp3) is 0. The van der Waals surface area contributed by atoms with Crippen LogP contribution in [0.15, 0.2) is 60.9 Å². The highest BCUT2D eigenvalue weighted by molar-refractivity contribution is 5.87. The quantitative estimate of drug-likeness (QED) is 0.623. The molecule has 2 amide bonds. The van der Waals surface area contributed by atoms with E-state index >= 15 is 0 Å². The van der Waals surface area contributed by atoms with Gasteiger partial charge in [0.2, 0.25) is 0 Å². The number of anilines is 1. The van der Waals surface area contributed by atoms with Crippen LogP contribution < -0.4 is 11.1 Å². The van der Waals surface area contributed by atoms with Gasteiger partial charge in [-0.05, 0) is 24.3 Å². The first kappa shape index (κ1) is 12.6. The van der Waals surface area contributed by atoms with Gasteiger partial charge in [0.1, 0.15) is 0 Å². The predicted molar refractivity (Wildman–Crippen MR) is 75.7 cm³/mol. The Hall–Kier alpha value is -2.82. The number of carbonyl (C=O) groups excluding carboxylic acids is 1. The van der Waals surface area contributed by atoms with Crippen molar-refractivity contribution in [3.05, 3.63) is 60.9 Å². The summed E-state index contributed by atoms with van der Waals surface area (Å²) < 4.78 is 0. The molecule has 0 fully saturated rings. The van der Waals surface area contributed by atoms with Crippen LogP contribution in [0.4, 0.5) is 10.5 Å². The van der Waals surface area contributed by atoms with E-state index in [1.807, 2.05) is 42.5 Å². The zero-order valence-electron chi connectivity index (χ0n) is 10.2. The van der Waals surface area contributed by atoms with Crippen LogP contribution in [-0.2, 0) is 0 Å². The van der Waals surface area contributed by atoms with E-state index in [0.717, 1.165) is 16.7 Å². The van der Waals surface area contributed by atoms with Crippen molar-refractivity contribution < 1.29 is 4.79 Å². The molecule has 1 aromatic heterocycles. The van der Waals surface area contributed by atoms with Crippen LogP contribution in [0.2, 0.25) is 0 Å². The molecule has 5 heteroatoms. The number of H-pyrrole nitrogens is 1. The average Bonchev–Trinajstić information content (AvgIpc) is 2.88. The maximum absolute atomic E-state index is 10.3. The number of aromatic amines is 1. The minimum atomic E-state index is -0.536. The molecule has 19 heavy (non-hydrogen) atoms. The fourth-order valence-corrected chi connectivity index (χ4v) is 1.54. The molecule has 0 spiro atoms. The summed E-state index contributed by atoms with van der Waals surface area (Å²) in [5.74, 6) is 0. The first-order valence-corrected chi connectivity index (χ1v) is 5.75. The summed E-state index contributed by atoms with van der Waals surface area (Å²) in [6, 6.07) is 16.5. The molecular weight excluding hydrogens is 240 g/mol. The summed E-state index contributed by atoms with van der Waals surface area (Å²) in [5.41, 5.74) is 7.71. The Bertz CT molecular complexity index is 618. The number of aromatic nitrogens is 2. The number of primary amides is 1. The van der Waals surface area contributed by atoms with E-state index in [2.05, 4.69) is 15.3 Å². The minimum absolute atomic E-state index is 0.536. The molecule has 0 saturated carbocycles. The summed E-state index contributed by atoms with van der Waals surface area (Å²) >= 11 is 0. The van der Waals surface area contributed by atoms with Crippen molar-refractivity contribution in [3.8, 4) is 0 Å². The molecule has 0 aliphatic heterocycles. The number of nitrogens with two attached hydrogens (primary N) is 1. The molecule has 4 N–H and O–H groups in total. The van der Waals surface area contributed by atoms with Gasteiger partial charge in [-0.1, -0.05) is 30.3 Å². The van der Waals surface area contributed by atoms with Crippen LogP contribution in [0.5, 0.6) is 0 Å². The number of hydrogen-bond acceptors (Lipinski definition) is 2. The summed E-state index contributed by atoms with van der Waals surface area (Å²) in [4.78, 5) is 17.4. The van der Waals surface area contributed by atoms with E-state index in [1.165, 1.54) is 0 Å². The van der Waals surface area contributed by atoms with Gasteiger partial charge in [0, 0.05) is 5.69 Å². The molecule has 0 aliphatic rings. The molecule has 0 atom stereocenters. The van der Waals surface area contributed by atoms with E-state index < -0.39 is 6.03 Å². The van der Waals surface area contributed by atoms with Crippen molar-refractivity contribution in [2.24, 2.45) is 5.73 Å². The van der Waals surface area contributed by atoms with E-state index in [-0.39, 0.29) is 0 Å². The smallest absolute Gasteiger partial charge is 0.316 e. The number of rotatable bonds is 1. The van der Waals surface area contributed by atoms with Gasteiger partial charge in [-0.15, -0.1) is 0 Å². The van der Waals surface area contributed by atoms with Crippen molar-refractivity contribution in [3.63, 3.8) is 0 Å². The van der Waals surface area contributed by atoms with Gasteiger partial charge in [-0.3, -0.25) is 0 Å². The first-order chi connectivity index (χ1) is 9.25. The van der Waals surface area contributed by atoms with Gasteiger partial charge in [0.25, 0.3) is 0 Å². The zero-order chi connectivity index (χ0) is 13.5. The van der Waals surface area contributed by atoms with Gasteiger partial charge in [-0.25, -0.2) is 9.78 Å². The lowest BCUT2D eigenvalue weighted by molar-refractivity contribution is 0.259. The van der Waals surface area contributed by atoms with Crippen LogP contribution >= 0.6 is 0 Å². The van der Waals surface area contributed by atoms with Gasteiger partial charge < -0.3 is 16.0 Å². The summed E-state index contributed by atoms with van der Waals surface area (Å²) in [5, 5.41) is 2.44. The number of nitrogens with zero attached hydrogens (tertiary/aromatic N) is 1. The lowest BCUT2D eigenvalue weighted by Crippen LogP contribution is -2.18. The van der Waals surface area contributed by atoms with Crippen LogP contribution in [0.3, 0.4) is 0 Å². The Morgan fingerprint density at radius 3 is 2.42 bits per heavy atom. The maximum Gasteiger partial charge on any atom is 0.316 e. The van der Waals surface area contributed by atoms with E-state index in [9.17, 15) is 4.79 Å². The monoisotopic (exact) mass is 254 g/mol. The number of imidazole rings is 1.